The molecule has 3 saturated carbocycles. The molecular formula is C36H54O4Si. The van der Waals surface area contributed by atoms with Crippen molar-refractivity contribution < 1.29 is 19.7 Å². The van der Waals surface area contributed by atoms with Crippen LogP contribution >= 0.6 is 0 Å². The average molecular weight is 579 g/mol. The van der Waals surface area contributed by atoms with Gasteiger partial charge in [-0.2, -0.15) is 0 Å². The first-order chi connectivity index (χ1) is 19.3. The normalized spacial score (nSPS) is 38.0. The summed E-state index contributed by atoms with van der Waals surface area (Å²) >= 11 is 0. The summed E-state index contributed by atoms with van der Waals surface area (Å²) in [6.45, 7) is 13.9. The van der Waals surface area contributed by atoms with Gasteiger partial charge >= 0.3 is 0 Å². The quantitative estimate of drug-likeness (QED) is 0.357. The molecule has 41 heavy (non-hydrogen) atoms. The number of aliphatic hydroxyl groups excluding tert-OH is 2. The molecule has 5 rings (SSSR count). The van der Waals surface area contributed by atoms with Gasteiger partial charge in [-0.05, 0) is 102 Å². The van der Waals surface area contributed by atoms with E-state index in [1.54, 1.807) is 0 Å². The first-order valence-corrected chi connectivity index (χ1v) is 18.0. The van der Waals surface area contributed by atoms with Gasteiger partial charge in [-0.15, -0.1) is 0 Å². The van der Waals surface area contributed by atoms with Crippen molar-refractivity contribution in [2.24, 2.45) is 34.5 Å². The summed E-state index contributed by atoms with van der Waals surface area (Å²) in [5.41, 5.74) is -0.885. The second kappa shape index (κ2) is 11.2. The van der Waals surface area contributed by atoms with Crippen LogP contribution in [0.1, 0.15) is 86.5 Å². The lowest BCUT2D eigenvalue weighted by atomic mass is 9.48. The molecule has 8 atom stereocenters. The van der Waals surface area contributed by atoms with Gasteiger partial charge in [0.25, 0.3) is 8.32 Å². The molecule has 0 heterocycles. The molecule has 5 heteroatoms. The first kappa shape index (κ1) is 30.9. The molecule has 0 amide bonds. The predicted molar refractivity (Wildman–Crippen MR) is 170 cm³/mol. The zero-order valence-electron chi connectivity index (χ0n) is 26.3. The van der Waals surface area contributed by atoms with Gasteiger partial charge in [0, 0.05) is 19.3 Å². The fourth-order valence-electron chi connectivity index (χ4n) is 9.80. The van der Waals surface area contributed by atoms with Crippen LogP contribution in [0.4, 0.5) is 0 Å². The minimum absolute atomic E-state index is 0.0662. The zero-order valence-corrected chi connectivity index (χ0v) is 27.3. The van der Waals surface area contributed by atoms with Gasteiger partial charge in [-0.25, -0.2) is 0 Å². The number of benzene rings is 2. The highest BCUT2D eigenvalue weighted by Crippen LogP contribution is 2.65. The minimum Gasteiger partial charge on any atom is -0.404 e. The Balaban J connectivity index is 1.45. The molecule has 3 N–H and O–H groups in total. The third-order valence-electron chi connectivity index (χ3n) is 12.5. The molecule has 0 aliphatic heterocycles. The van der Waals surface area contributed by atoms with Crippen LogP contribution in [0.25, 0.3) is 0 Å². The van der Waals surface area contributed by atoms with E-state index >= 15 is 0 Å². The molecule has 4 nitrogen and oxygen atoms in total. The molecule has 3 aliphatic rings. The highest BCUT2D eigenvalue weighted by atomic mass is 28.4. The molecule has 0 unspecified atom stereocenters. The number of fused-ring (bicyclic) bond motifs is 1. The Morgan fingerprint density at radius 2 is 1.34 bits per heavy atom. The summed E-state index contributed by atoms with van der Waals surface area (Å²) < 4.78 is 7.54. The van der Waals surface area contributed by atoms with Crippen LogP contribution in [-0.2, 0) is 4.43 Å². The van der Waals surface area contributed by atoms with Gasteiger partial charge in [-0.3, -0.25) is 0 Å². The molecule has 3 aliphatic carbocycles. The molecule has 3 fully saturated rings. The van der Waals surface area contributed by atoms with E-state index in [-0.39, 0.29) is 47.0 Å². The SMILES string of the molecule is CC(C)(C)[Si](O[C@H]1CC[C@@](C)([C@H]2CC[C@@]3(C)[C@@H](CC[C@]3(C)O)[C@@H]2CO)[C@@H](CO)C1)(c1ccccc1)c1ccccc1. The summed E-state index contributed by atoms with van der Waals surface area (Å²) in [5, 5.41) is 35.5. The van der Waals surface area contributed by atoms with E-state index in [0.29, 0.717) is 11.8 Å². The molecule has 0 saturated heterocycles. The fraction of sp³-hybridized carbons (Fsp3) is 0.667. The number of rotatable bonds is 7. The van der Waals surface area contributed by atoms with Gasteiger partial charge in [-0.1, -0.05) is 95.3 Å². The Labute approximate surface area is 249 Å². The largest absolute Gasteiger partial charge is 0.404 e. The lowest BCUT2D eigenvalue weighted by molar-refractivity contribution is -0.143. The summed E-state index contributed by atoms with van der Waals surface area (Å²) in [5.74, 6) is 0.939. The Bertz CT molecular complexity index is 1120. The third kappa shape index (κ3) is 4.98. The Morgan fingerprint density at radius 1 is 0.780 bits per heavy atom. The molecular weight excluding hydrogens is 524 g/mol. The molecule has 0 radical (unpaired) electrons. The standard InChI is InChI=1S/C36H54O4Si/c1-33(2,3)41(28-13-9-7-10-14-28,29-15-11-8-12-16-29)40-27-17-20-34(4,26(23-27)24-37)31-18-21-35(5)32(30(31)25-38)19-22-36(35,6)39/h7-16,26-27,30-32,37-39H,17-25H2,1-6H3/t26-,27+,30-,31+,32+,34-,35+,36+/m1/s1. The van der Waals surface area contributed by atoms with E-state index < -0.39 is 13.9 Å². The third-order valence-corrected chi connectivity index (χ3v) is 17.6. The lowest BCUT2D eigenvalue weighted by Crippen LogP contribution is -2.68. The maximum absolute atomic E-state index is 11.3. The zero-order chi connectivity index (χ0) is 29.7. The van der Waals surface area contributed by atoms with Crippen LogP contribution in [0.2, 0.25) is 5.04 Å². The Kier molecular flexibility index (Phi) is 8.46. The smallest absolute Gasteiger partial charge is 0.261 e. The summed E-state index contributed by atoms with van der Waals surface area (Å²) in [4.78, 5) is 0. The van der Waals surface area contributed by atoms with E-state index in [1.165, 1.54) is 10.4 Å². The lowest BCUT2D eigenvalue weighted by Gasteiger charge is -2.58. The number of hydrogen-bond donors (Lipinski definition) is 3. The van der Waals surface area contributed by atoms with E-state index in [1.807, 2.05) is 6.92 Å². The maximum Gasteiger partial charge on any atom is 0.261 e. The van der Waals surface area contributed by atoms with Crippen molar-refractivity contribution in [3.63, 3.8) is 0 Å². The molecule has 0 spiro atoms. The van der Waals surface area contributed by atoms with Crippen molar-refractivity contribution in [3.8, 4) is 0 Å². The van der Waals surface area contributed by atoms with Gasteiger partial charge in [0.05, 0.1) is 5.60 Å². The van der Waals surface area contributed by atoms with Gasteiger partial charge in [0.1, 0.15) is 0 Å². The van der Waals surface area contributed by atoms with Crippen molar-refractivity contribution in [2.75, 3.05) is 13.2 Å². The Hall–Kier alpha value is -1.50. The second-order valence-electron chi connectivity index (χ2n) is 15.4. The fourth-order valence-corrected chi connectivity index (χ4v) is 14.5. The van der Waals surface area contributed by atoms with Crippen molar-refractivity contribution in [3.05, 3.63) is 60.7 Å². The molecule has 2 aromatic rings. The predicted octanol–water partition coefficient (Wildman–Crippen LogP) is 5.92. The van der Waals surface area contributed by atoms with E-state index in [2.05, 4.69) is 95.3 Å². The van der Waals surface area contributed by atoms with Crippen molar-refractivity contribution in [1.29, 1.82) is 0 Å². The monoisotopic (exact) mass is 578 g/mol. The second-order valence-corrected chi connectivity index (χ2v) is 19.6. The van der Waals surface area contributed by atoms with Gasteiger partial charge < -0.3 is 19.7 Å². The van der Waals surface area contributed by atoms with Crippen LogP contribution in [0, 0.1) is 34.5 Å². The molecule has 2 aromatic carbocycles. The first-order valence-electron chi connectivity index (χ1n) is 16.1. The van der Waals surface area contributed by atoms with Crippen LogP contribution in [0.3, 0.4) is 0 Å². The highest BCUT2D eigenvalue weighted by Gasteiger charge is 2.62. The van der Waals surface area contributed by atoms with Crippen LogP contribution in [0.15, 0.2) is 60.7 Å². The van der Waals surface area contributed by atoms with Crippen molar-refractivity contribution in [2.45, 2.75) is 103 Å². The Morgan fingerprint density at radius 3 is 1.85 bits per heavy atom. The summed E-state index contributed by atoms with van der Waals surface area (Å²) in [7, 11) is -2.68. The van der Waals surface area contributed by atoms with E-state index in [9.17, 15) is 15.3 Å². The van der Waals surface area contributed by atoms with Gasteiger partial charge in [0.15, 0.2) is 0 Å². The topological polar surface area (TPSA) is 69.9 Å². The van der Waals surface area contributed by atoms with E-state index in [4.69, 9.17) is 4.43 Å². The van der Waals surface area contributed by atoms with Crippen LogP contribution in [0.5, 0.6) is 0 Å². The molecule has 226 valence electrons. The van der Waals surface area contributed by atoms with E-state index in [0.717, 1.165) is 44.9 Å². The molecule has 0 bridgehead atoms. The minimum atomic E-state index is -2.68. The molecule has 0 aromatic heterocycles. The summed E-state index contributed by atoms with van der Waals surface area (Å²) in [6.07, 6.45) is 6.64. The van der Waals surface area contributed by atoms with Crippen LogP contribution < -0.4 is 10.4 Å². The highest BCUT2D eigenvalue weighted by molar-refractivity contribution is 6.99. The number of hydrogen-bond acceptors (Lipinski definition) is 4. The number of aliphatic hydroxyl groups is 3. The maximum atomic E-state index is 11.3. The van der Waals surface area contributed by atoms with Gasteiger partial charge in [0.2, 0.25) is 0 Å². The van der Waals surface area contributed by atoms with Crippen molar-refractivity contribution in [1.82, 2.24) is 0 Å². The van der Waals surface area contributed by atoms with Crippen molar-refractivity contribution >= 4 is 18.7 Å². The van der Waals surface area contributed by atoms with Crippen LogP contribution in [-0.4, -0.2) is 48.6 Å². The summed E-state index contributed by atoms with van der Waals surface area (Å²) in [6, 6.07) is 21.7. The average Bonchev–Trinajstić information content (AvgIpc) is 3.20.